The van der Waals surface area contributed by atoms with Crippen molar-refractivity contribution in [3.63, 3.8) is 0 Å². The number of halogens is 1. The van der Waals surface area contributed by atoms with Crippen molar-refractivity contribution in [2.24, 2.45) is 0 Å². The summed E-state index contributed by atoms with van der Waals surface area (Å²) in [7, 11) is -3.72. The Morgan fingerprint density at radius 2 is 1.46 bits per heavy atom. The maximum Gasteiger partial charge on any atom is 0.306 e. The molecule has 5 aromatic rings. The predicted molar refractivity (Wildman–Crippen MR) is 204 cm³/mol. The van der Waals surface area contributed by atoms with Gasteiger partial charge in [0.05, 0.1) is 30.2 Å². The van der Waals surface area contributed by atoms with Crippen LogP contribution < -0.4 is 9.08 Å². The van der Waals surface area contributed by atoms with Crippen molar-refractivity contribution in [2.75, 3.05) is 70.2 Å². The number of phenols is 1. The lowest BCUT2D eigenvalue weighted by Crippen LogP contribution is -2.49. The topological polar surface area (TPSA) is 105 Å². The Kier molecular flexibility index (Phi) is 10.7. The van der Waals surface area contributed by atoms with Crippen LogP contribution in [-0.4, -0.2) is 99.1 Å². The number of anilines is 1. The lowest BCUT2D eigenvalue weighted by Gasteiger charge is -2.37. The quantitative estimate of drug-likeness (QED) is 0.160. The number of hydrogen-bond acceptors (Lipinski definition) is 8. The van der Waals surface area contributed by atoms with Gasteiger partial charge in [0.15, 0.2) is 0 Å². The highest BCUT2D eigenvalue weighted by Crippen LogP contribution is 2.42. The monoisotopic (exact) mass is 742 g/mol. The van der Waals surface area contributed by atoms with Crippen LogP contribution in [0.25, 0.3) is 10.9 Å². The van der Waals surface area contributed by atoms with Crippen molar-refractivity contribution in [3.05, 3.63) is 124 Å². The number of ether oxygens (including phenoxy) is 1. The van der Waals surface area contributed by atoms with Crippen LogP contribution in [0.15, 0.2) is 97.1 Å². The van der Waals surface area contributed by atoms with Gasteiger partial charge >= 0.3 is 10.1 Å². The predicted octanol–water partition coefficient (Wildman–Crippen LogP) is 6.20. The molecule has 1 atom stereocenters. The number of fused-ring (bicyclic) bond motifs is 1. The molecule has 2 aliphatic rings. The van der Waals surface area contributed by atoms with E-state index in [2.05, 4.69) is 26.5 Å². The van der Waals surface area contributed by atoms with Gasteiger partial charge < -0.3 is 28.4 Å². The molecular weight excluding hydrogens is 700 g/mol. The number of piperazine rings is 1. The van der Waals surface area contributed by atoms with Gasteiger partial charge in [0.1, 0.15) is 17.2 Å². The number of nitrogens with zero attached hydrogens (tertiary/aromatic N) is 4. The average molecular weight is 743 g/mol. The fourth-order valence-corrected chi connectivity index (χ4v) is 8.17. The highest BCUT2D eigenvalue weighted by atomic mass is 35.5. The van der Waals surface area contributed by atoms with Crippen molar-refractivity contribution in [1.29, 1.82) is 0 Å². The Morgan fingerprint density at radius 1 is 0.827 bits per heavy atom. The molecule has 2 fully saturated rings. The molecule has 4 aromatic carbocycles. The third-order valence-corrected chi connectivity index (χ3v) is 10.7. The molecule has 7 rings (SSSR count). The number of para-hydroxylation sites is 2. The van der Waals surface area contributed by atoms with Crippen molar-refractivity contribution in [2.45, 2.75) is 18.9 Å². The molecule has 2 aliphatic heterocycles. The molecule has 0 bridgehead atoms. The van der Waals surface area contributed by atoms with Gasteiger partial charge in [-0.25, -0.2) is 0 Å². The number of aromatic nitrogens is 1. The van der Waals surface area contributed by atoms with E-state index in [1.54, 1.807) is 24.3 Å². The van der Waals surface area contributed by atoms with E-state index in [0.29, 0.717) is 43.4 Å². The molecule has 3 heterocycles. The van der Waals surface area contributed by atoms with Crippen LogP contribution in [0.2, 0.25) is 5.02 Å². The average Bonchev–Trinajstić information content (AvgIpc) is 3.46. The molecule has 0 saturated carbocycles. The van der Waals surface area contributed by atoms with Gasteiger partial charge in [0.25, 0.3) is 5.91 Å². The number of carbonyl (C=O) groups excluding carboxylic acids is 1. The summed E-state index contributed by atoms with van der Waals surface area (Å²) in [6.07, 6.45) is 1.86. The van der Waals surface area contributed by atoms with Crippen LogP contribution >= 0.6 is 11.6 Å². The van der Waals surface area contributed by atoms with Gasteiger partial charge in [-0.3, -0.25) is 9.69 Å². The first-order valence-corrected chi connectivity index (χ1v) is 19.8. The van der Waals surface area contributed by atoms with Crippen LogP contribution in [0, 0.1) is 0 Å². The third kappa shape index (κ3) is 7.92. The van der Waals surface area contributed by atoms with Crippen molar-refractivity contribution in [1.82, 2.24) is 14.4 Å². The smallest absolute Gasteiger partial charge is 0.306 e. The van der Waals surface area contributed by atoms with Crippen LogP contribution in [0.4, 0.5) is 5.69 Å². The van der Waals surface area contributed by atoms with Gasteiger partial charge in [0, 0.05) is 74.7 Å². The molecule has 10 nitrogen and oxygen atoms in total. The molecule has 1 amide bonds. The van der Waals surface area contributed by atoms with Crippen LogP contribution in [0.3, 0.4) is 0 Å². The standard InChI is InChI=1S/C40H43ClN4O6S/c1-52(48,49)51-32-17-13-30(14-18-32)37(29-11-15-31(46)16-12-29)38-33-7-2-4-9-35(33)45(20-6-19-42-25-27-50-28-26-42)39(38)40(47)44-23-21-43(22-24-44)36-10-5-3-8-34(36)41/h2-5,7-18,37,46H,6,19-28H2,1H3. The molecule has 1 N–H and O–H groups in total. The Labute approximate surface area is 309 Å². The number of aromatic hydroxyl groups is 1. The first kappa shape index (κ1) is 35.8. The minimum Gasteiger partial charge on any atom is -0.508 e. The van der Waals surface area contributed by atoms with Crippen LogP contribution in [-0.2, 0) is 21.4 Å². The molecule has 272 valence electrons. The number of morpholine rings is 1. The summed E-state index contributed by atoms with van der Waals surface area (Å²) in [6.45, 7) is 7.10. The maximum absolute atomic E-state index is 15.1. The van der Waals surface area contributed by atoms with E-state index in [1.807, 2.05) is 65.6 Å². The minimum atomic E-state index is -3.72. The maximum atomic E-state index is 15.1. The number of phenolic OH excluding ortho intramolecular Hbond substituents is 1. The number of carbonyl (C=O) groups is 1. The molecule has 1 aromatic heterocycles. The highest BCUT2D eigenvalue weighted by molar-refractivity contribution is 7.86. The van der Waals surface area contributed by atoms with Gasteiger partial charge in [-0.05, 0) is 60.0 Å². The van der Waals surface area contributed by atoms with Crippen molar-refractivity contribution < 1.29 is 27.2 Å². The highest BCUT2D eigenvalue weighted by Gasteiger charge is 2.34. The summed E-state index contributed by atoms with van der Waals surface area (Å²) in [6, 6.07) is 30.0. The molecule has 0 spiro atoms. The Morgan fingerprint density at radius 3 is 2.13 bits per heavy atom. The third-order valence-electron chi connectivity index (χ3n) is 9.91. The zero-order valence-electron chi connectivity index (χ0n) is 29.2. The molecular formula is C40H43ClN4O6S. The first-order chi connectivity index (χ1) is 25.2. The van der Waals surface area contributed by atoms with Crippen LogP contribution in [0.1, 0.15) is 39.5 Å². The number of aryl methyl sites for hydroxylation is 1. The summed E-state index contributed by atoms with van der Waals surface area (Å²) in [4.78, 5) is 21.7. The van der Waals surface area contributed by atoms with E-state index >= 15 is 4.79 Å². The zero-order chi connectivity index (χ0) is 36.2. The molecule has 0 radical (unpaired) electrons. The fourth-order valence-electron chi connectivity index (χ4n) is 7.45. The van der Waals surface area contributed by atoms with E-state index in [1.165, 1.54) is 0 Å². The summed E-state index contributed by atoms with van der Waals surface area (Å²) >= 11 is 6.56. The van der Waals surface area contributed by atoms with E-state index in [-0.39, 0.29) is 17.4 Å². The lowest BCUT2D eigenvalue weighted by atomic mass is 9.83. The number of amides is 1. The number of hydrogen-bond donors (Lipinski definition) is 1. The van der Waals surface area contributed by atoms with E-state index in [4.69, 9.17) is 20.5 Å². The molecule has 52 heavy (non-hydrogen) atoms. The molecule has 12 heteroatoms. The SMILES string of the molecule is CS(=O)(=O)Oc1ccc(C(c2ccc(O)cc2)c2c(C(=O)N3CCN(c4ccccc4Cl)CC3)n(CCCN3CCOCC3)c3ccccc23)cc1. The lowest BCUT2D eigenvalue weighted by molar-refractivity contribution is 0.0369. The van der Waals surface area contributed by atoms with E-state index in [9.17, 15) is 13.5 Å². The first-order valence-electron chi connectivity index (χ1n) is 17.6. The van der Waals surface area contributed by atoms with Gasteiger partial charge in [-0.15, -0.1) is 0 Å². The zero-order valence-corrected chi connectivity index (χ0v) is 30.7. The van der Waals surface area contributed by atoms with E-state index in [0.717, 1.165) is 78.8 Å². The van der Waals surface area contributed by atoms with E-state index < -0.39 is 16.0 Å². The second-order valence-corrected chi connectivity index (χ2v) is 15.3. The fraction of sp³-hybridized carbons (Fsp3) is 0.325. The second-order valence-electron chi connectivity index (χ2n) is 13.4. The Bertz CT molecular complexity index is 2120. The van der Waals surface area contributed by atoms with Gasteiger partial charge in [-0.2, -0.15) is 8.42 Å². The second kappa shape index (κ2) is 15.6. The Hall–Kier alpha value is -4.55. The summed E-state index contributed by atoms with van der Waals surface area (Å²) in [5.41, 5.74) is 5.15. The summed E-state index contributed by atoms with van der Waals surface area (Å²) in [5.74, 6) is -0.134. The van der Waals surface area contributed by atoms with Crippen molar-refractivity contribution >= 4 is 44.2 Å². The van der Waals surface area contributed by atoms with Gasteiger partial charge in [-0.1, -0.05) is 66.2 Å². The summed E-state index contributed by atoms with van der Waals surface area (Å²) in [5, 5.41) is 11.9. The largest absolute Gasteiger partial charge is 0.508 e. The number of rotatable bonds is 11. The van der Waals surface area contributed by atoms with Crippen molar-refractivity contribution in [3.8, 4) is 11.5 Å². The summed E-state index contributed by atoms with van der Waals surface area (Å²) < 4.78 is 36.8. The Balaban J connectivity index is 1.33. The molecule has 1 unspecified atom stereocenters. The normalized spacial score (nSPS) is 16.3. The van der Waals surface area contributed by atoms with Crippen LogP contribution in [0.5, 0.6) is 11.5 Å². The molecule has 2 saturated heterocycles. The minimum absolute atomic E-state index is 0.0443. The molecule has 0 aliphatic carbocycles. The number of benzene rings is 4. The van der Waals surface area contributed by atoms with Gasteiger partial charge in [0.2, 0.25) is 0 Å².